The van der Waals surface area contributed by atoms with Crippen molar-refractivity contribution < 1.29 is 22.5 Å². The first kappa shape index (κ1) is 22.5. The fourth-order valence-corrected chi connectivity index (χ4v) is 2.99. The molecule has 0 aliphatic carbocycles. The second kappa shape index (κ2) is 9.30. The summed E-state index contributed by atoms with van der Waals surface area (Å²) in [6.07, 6.45) is -4.43. The molecule has 0 aliphatic heterocycles. The van der Waals surface area contributed by atoms with Crippen molar-refractivity contribution in [2.24, 2.45) is 0 Å². The molecule has 0 N–H and O–H groups in total. The molecule has 0 spiro atoms. The summed E-state index contributed by atoms with van der Waals surface area (Å²) in [6.45, 7) is 2.72. The number of hydrogen-bond acceptors (Lipinski definition) is 5. The first-order valence-corrected chi connectivity index (χ1v) is 9.64. The van der Waals surface area contributed by atoms with Crippen molar-refractivity contribution in [2.75, 3.05) is 27.2 Å². The predicted molar refractivity (Wildman–Crippen MR) is 109 cm³/mol. The summed E-state index contributed by atoms with van der Waals surface area (Å²) in [4.78, 5) is 20.7. The monoisotopic (exact) mass is 432 g/mol. The molecule has 31 heavy (non-hydrogen) atoms. The number of benzene rings is 2. The number of alkyl halides is 3. The molecule has 0 saturated heterocycles. The first-order valence-electron chi connectivity index (χ1n) is 9.64. The molecule has 0 aliphatic rings. The highest BCUT2D eigenvalue weighted by Crippen LogP contribution is 2.30. The van der Waals surface area contributed by atoms with Crippen LogP contribution in [-0.2, 0) is 12.7 Å². The number of carbonyl (C=O) groups excluding carboxylic acids is 1. The lowest BCUT2D eigenvalue weighted by Crippen LogP contribution is -2.36. The van der Waals surface area contributed by atoms with E-state index in [1.165, 1.54) is 6.07 Å². The molecule has 0 saturated carbocycles. The van der Waals surface area contributed by atoms with E-state index in [0.717, 1.165) is 12.1 Å². The summed E-state index contributed by atoms with van der Waals surface area (Å²) in [5.74, 6) is 0.587. The quantitative estimate of drug-likeness (QED) is 0.558. The highest BCUT2D eigenvalue weighted by atomic mass is 19.4. The Bertz CT molecular complexity index is 1030. The topological polar surface area (TPSA) is 62.5 Å². The number of rotatable bonds is 7. The van der Waals surface area contributed by atoms with Gasteiger partial charge in [0.05, 0.1) is 5.56 Å². The maximum absolute atomic E-state index is 13.1. The zero-order chi connectivity index (χ0) is 22.6. The molecule has 0 fully saturated rings. The van der Waals surface area contributed by atoms with Crippen molar-refractivity contribution in [1.29, 1.82) is 0 Å². The molecule has 9 heteroatoms. The third-order valence-electron chi connectivity index (χ3n) is 4.64. The van der Waals surface area contributed by atoms with E-state index >= 15 is 0 Å². The van der Waals surface area contributed by atoms with Crippen molar-refractivity contribution in [3.63, 3.8) is 0 Å². The molecule has 164 valence electrons. The summed E-state index contributed by atoms with van der Waals surface area (Å²) in [5, 5.41) is 3.74. The average molecular weight is 432 g/mol. The van der Waals surface area contributed by atoms with Gasteiger partial charge in [0, 0.05) is 30.8 Å². The van der Waals surface area contributed by atoms with E-state index in [0.29, 0.717) is 41.5 Å². The van der Waals surface area contributed by atoms with Crippen LogP contribution in [0.4, 0.5) is 13.2 Å². The Kier molecular flexibility index (Phi) is 6.74. The highest BCUT2D eigenvalue weighted by molar-refractivity contribution is 5.94. The zero-order valence-corrected chi connectivity index (χ0v) is 17.5. The lowest BCUT2D eigenvalue weighted by Gasteiger charge is -2.25. The van der Waals surface area contributed by atoms with E-state index in [9.17, 15) is 18.0 Å². The van der Waals surface area contributed by atoms with E-state index in [4.69, 9.17) is 4.52 Å². The Hall–Kier alpha value is -3.20. The van der Waals surface area contributed by atoms with Crippen LogP contribution in [0.1, 0.15) is 27.3 Å². The van der Waals surface area contributed by atoms with Gasteiger partial charge in [0.15, 0.2) is 5.82 Å². The van der Waals surface area contributed by atoms with E-state index < -0.39 is 11.7 Å². The first-order chi connectivity index (χ1) is 14.6. The summed E-state index contributed by atoms with van der Waals surface area (Å²) in [7, 11) is 3.74. The van der Waals surface area contributed by atoms with Gasteiger partial charge in [-0.25, -0.2) is 0 Å². The Morgan fingerprint density at radius 1 is 1.06 bits per heavy atom. The number of hydrogen-bond donors (Lipinski definition) is 0. The summed E-state index contributed by atoms with van der Waals surface area (Å²) >= 11 is 0. The van der Waals surface area contributed by atoms with Crippen LogP contribution in [0.2, 0.25) is 0 Å². The highest BCUT2D eigenvalue weighted by Gasteiger charge is 2.30. The van der Waals surface area contributed by atoms with Crippen LogP contribution in [0.3, 0.4) is 0 Å². The Morgan fingerprint density at radius 3 is 2.35 bits per heavy atom. The molecule has 6 nitrogen and oxygen atoms in total. The van der Waals surface area contributed by atoms with E-state index in [1.54, 1.807) is 42.2 Å². The number of likely N-dealkylation sites (N-methyl/N-ethyl adjacent to an activating group) is 1. The van der Waals surface area contributed by atoms with Crippen molar-refractivity contribution in [3.8, 4) is 11.5 Å². The molecular weight excluding hydrogens is 409 g/mol. The van der Waals surface area contributed by atoms with Crippen molar-refractivity contribution in [1.82, 2.24) is 19.9 Å². The van der Waals surface area contributed by atoms with E-state index in [1.807, 2.05) is 19.0 Å². The molecule has 1 heterocycles. The van der Waals surface area contributed by atoms with Crippen LogP contribution >= 0.6 is 0 Å². The fraction of sp³-hybridized carbons (Fsp3) is 0.318. The minimum atomic E-state index is -4.43. The summed E-state index contributed by atoms with van der Waals surface area (Å²) < 4.78 is 44.3. The predicted octanol–water partition coefficient (Wildman–Crippen LogP) is 4.27. The van der Waals surface area contributed by atoms with Gasteiger partial charge in [0.1, 0.15) is 0 Å². The number of nitrogens with zero attached hydrogens (tertiary/aromatic N) is 4. The number of carbonyl (C=O) groups is 1. The zero-order valence-electron chi connectivity index (χ0n) is 17.5. The SMILES string of the molecule is Cc1noc(-c2ccc(C(=O)N(CCN(C)C)Cc3cccc(C(F)(F)F)c3)cc2)n1. The van der Waals surface area contributed by atoms with Gasteiger partial charge in [-0.15, -0.1) is 0 Å². The molecular formula is C22H23F3N4O2. The minimum Gasteiger partial charge on any atom is -0.334 e. The van der Waals surface area contributed by atoms with E-state index in [2.05, 4.69) is 10.1 Å². The molecule has 0 atom stereocenters. The molecule has 3 rings (SSSR count). The third-order valence-corrected chi connectivity index (χ3v) is 4.64. The van der Waals surface area contributed by atoms with Crippen LogP contribution in [0.15, 0.2) is 53.1 Å². The normalized spacial score (nSPS) is 11.7. The minimum absolute atomic E-state index is 0.0706. The molecule has 1 aromatic heterocycles. The Balaban J connectivity index is 1.82. The lowest BCUT2D eigenvalue weighted by atomic mass is 10.1. The van der Waals surface area contributed by atoms with Gasteiger partial charge in [0.25, 0.3) is 11.8 Å². The third kappa shape index (κ3) is 5.91. The maximum Gasteiger partial charge on any atom is 0.416 e. The Labute approximate surface area is 178 Å². The molecule has 3 aromatic rings. The van der Waals surface area contributed by atoms with Gasteiger partial charge in [0.2, 0.25) is 0 Å². The fourth-order valence-electron chi connectivity index (χ4n) is 2.99. The molecule has 0 unspecified atom stereocenters. The van der Waals surface area contributed by atoms with Gasteiger partial charge in [-0.2, -0.15) is 18.2 Å². The van der Waals surface area contributed by atoms with Gasteiger partial charge in [-0.05, 0) is 63.0 Å². The number of aromatic nitrogens is 2. The van der Waals surface area contributed by atoms with Crippen LogP contribution < -0.4 is 0 Å². The standard InChI is InChI=1S/C22H23F3N4O2/c1-15-26-20(31-27-15)17-7-9-18(10-8-17)21(30)29(12-11-28(2)3)14-16-5-4-6-19(13-16)22(23,24)25/h4-10,13H,11-12,14H2,1-3H3. The van der Waals surface area contributed by atoms with E-state index in [-0.39, 0.29) is 12.5 Å². The van der Waals surface area contributed by atoms with Crippen molar-refractivity contribution in [2.45, 2.75) is 19.6 Å². The van der Waals surface area contributed by atoms with Crippen molar-refractivity contribution in [3.05, 3.63) is 71.0 Å². The smallest absolute Gasteiger partial charge is 0.334 e. The Morgan fingerprint density at radius 2 is 1.77 bits per heavy atom. The number of aryl methyl sites for hydroxylation is 1. The second-order valence-electron chi connectivity index (χ2n) is 7.45. The number of amides is 1. The summed E-state index contributed by atoms with van der Waals surface area (Å²) in [6, 6.07) is 11.7. The number of halogens is 3. The van der Waals surface area contributed by atoms with Crippen LogP contribution in [0.25, 0.3) is 11.5 Å². The van der Waals surface area contributed by atoms with Gasteiger partial charge in [-0.1, -0.05) is 17.3 Å². The van der Waals surface area contributed by atoms with Gasteiger partial charge < -0.3 is 14.3 Å². The van der Waals surface area contributed by atoms with Crippen molar-refractivity contribution >= 4 is 5.91 Å². The molecule has 0 bridgehead atoms. The average Bonchev–Trinajstić information content (AvgIpc) is 3.16. The maximum atomic E-state index is 13.1. The summed E-state index contributed by atoms with van der Waals surface area (Å²) in [5.41, 5.74) is 0.782. The molecule has 1 amide bonds. The lowest BCUT2D eigenvalue weighted by molar-refractivity contribution is -0.137. The largest absolute Gasteiger partial charge is 0.416 e. The van der Waals surface area contributed by atoms with Gasteiger partial charge in [-0.3, -0.25) is 4.79 Å². The van der Waals surface area contributed by atoms with Gasteiger partial charge >= 0.3 is 6.18 Å². The van der Waals surface area contributed by atoms with Crippen LogP contribution in [0, 0.1) is 6.92 Å². The molecule has 2 aromatic carbocycles. The second-order valence-corrected chi connectivity index (χ2v) is 7.45. The molecule has 0 radical (unpaired) electrons. The van der Waals surface area contributed by atoms with Crippen LogP contribution in [0.5, 0.6) is 0 Å². The van der Waals surface area contributed by atoms with Crippen LogP contribution in [-0.4, -0.2) is 53.0 Å².